The summed E-state index contributed by atoms with van der Waals surface area (Å²) in [7, 11) is -4.56. The minimum absolute atomic E-state index is 0.0308. The predicted molar refractivity (Wildman–Crippen MR) is 435 cm³/mol. The van der Waals surface area contributed by atoms with Gasteiger partial charge in [-0.3, -0.25) is 13.8 Å². The molecule has 1 aliphatic rings. The molecular weight excluding hydrogens is 1290 g/mol. The van der Waals surface area contributed by atoms with Crippen molar-refractivity contribution in [3.63, 3.8) is 0 Å². The van der Waals surface area contributed by atoms with Crippen LogP contribution in [0.15, 0.2) is 0 Å². The highest BCUT2D eigenvalue weighted by molar-refractivity contribution is 7.47. The Labute approximate surface area is 634 Å². The highest BCUT2D eigenvalue weighted by Gasteiger charge is 2.27. The first-order chi connectivity index (χ1) is 48.6. The standard InChI is InChI=1S/C89H178NO11P/c1-70-29-17-33-74(5)41-25-49-82(13)57-61-96-66-86(65-91)98-63-59-84(15)51-27-43-76(7)35-19-31-72(3)39-23-47-80(11)55-53-79(10)46-22-38-71(2)30-18-34-75(6)42-26-50-83(14)58-62-97-67-87(68-100-102(94,95)101-69-88(90)89(92)93)99-64-60-85(16)52-28-44-77(8)36-20-32-73(4)40-24-48-81(12)56-54-78(9)45-21-37-70/h70-88,91H,17-69,90H2,1-16H3,(H,92,93)(H,94,95)/t70?,71?,72?,73?,74?,75?,76?,77?,78?,79?,80?,81?,82?,83?,84?,85?,86?,87?,88-/m0/s1. The SMILES string of the molecule is CC1CCCC(C)CCCC(C)CCC(C)CCCC(C)CCCC(C)CCCC(C)CCOC(COP(=O)(O)OC[C@H](N)C(=O)O)COCCC(C)CCCC(C)CCCC(C)CCCC(C)CCC(C)CCCC(C)CCCC(C)CCCC(C)CCOC(CO)COCCC(C)CCC1. The summed E-state index contributed by atoms with van der Waals surface area (Å²) in [6, 6.07) is -1.43. The molecule has 1 rings (SSSR count). The van der Waals surface area contributed by atoms with Gasteiger partial charge >= 0.3 is 13.8 Å². The number of carboxylic acids is 1. The van der Waals surface area contributed by atoms with Crippen molar-refractivity contribution in [1.29, 1.82) is 0 Å². The van der Waals surface area contributed by atoms with Gasteiger partial charge in [-0.1, -0.05) is 368 Å². The molecule has 102 heavy (non-hydrogen) atoms. The van der Waals surface area contributed by atoms with Crippen molar-refractivity contribution < 1.29 is 52.5 Å². The van der Waals surface area contributed by atoms with Crippen LogP contribution in [0.25, 0.3) is 0 Å². The van der Waals surface area contributed by atoms with Gasteiger partial charge in [0.25, 0.3) is 0 Å². The van der Waals surface area contributed by atoms with Crippen molar-refractivity contribution in [1.82, 2.24) is 0 Å². The first-order valence-electron chi connectivity index (χ1n) is 44.2. The summed E-state index contributed by atoms with van der Waals surface area (Å²) in [5, 5.41) is 19.2. The fourth-order valence-electron chi connectivity index (χ4n) is 15.9. The maximum Gasteiger partial charge on any atom is 0.472 e. The molecule has 19 unspecified atom stereocenters. The van der Waals surface area contributed by atoms with Gasteiger partial charge in [0.1, 0.15) is 18.2 Å². The van der Waals surface area contributed by atoms with Crippen molar-refractivity contribution >= 4 is 13.8 Å². The summed E-state index contributed by atoms with van der Waals surface area (Å²) < 4.78 is 47.5. The second kappa shape index (κ2) is 64.0. The molecule has 20 atom stereocenters. The fraction of sp³-hybridized carbons (Fsp3) is 0.989. The van der Waals surface area contributed by atoms with Gasteiger partial charge < -0.3 is 39.8 Å². The number of hydrogen-bond donors (Lipinski definition) is 4. The number of ether oxygens (including phenoxy) is 4. The highest BCUT2D eigenvalue weighted by Crippen LogP contribution is 2.43. The number of hydrogen-bond acceptors (Lipinski definition) is 10. The van der Waals surface area contributed by atoms with Gasteiger partial charge in [0.05, 0.1) is 33.0 Å². The maximum absolute atomic E-state index is 12.7. The lowest BCUT2D eigenvalue weighted by molar-refractivity contribution is -0.139. The Morgan fingerprint density at radius 3 is 0.755 bits per heavy atom. The van der Waals surface area contributed by atoms with Gasteiger partial charge in [-0.05, 0) is 120 Å². The molecule has 0 saturated carbocycles. The van der Waals surface area contributed by atoms with Crippen LogP contribution in [-0.4, -0.2) is 98.8 Å². The summed E-state index contributed by atoms with van der Waals surface area (Å²) in [5.41, 5.74) is 5.52. The van der Waals surface area contributed by atoms with Crippen LogP contribution in [0.2, 0.25) is 0 Å². The third-order valence-corrected chi connectivity index (χ3v) is 25.4. The second-order valence-electron chi connectivity index (χ2n) is 36.5. The molecule has 0 amide bonds. The molecule has 5 N–H and O–H groups in total. The number of carboxylic acid groups (broad SMARTS) is 1. The summed E-state index contributed by atoms with van der Waals surface area (Å²) in [4.78, 5) is 21.5. The van der Waals surface area contributed by atoms with E-state index in [0.717, 1.165) is 110 Å². The van der Waals surface area contributed by atoms with E-state index < -0.39 is 32.5 Å². The number of rotatable bonds is 8. The molecule has 1 aliphatic heterocycles. The van der Waals surface area contributed by atoms with E-state index in [1.807, 2.05) is 0 Å². The molecule has 0 aliphatic carbocycles. The lowest BCUT2D eigenvalue weighted by atomic mass is 9.88. The van der Waals surface area contributed by atoms with E-state index in [2.05, 4.69) is 111 Å². The summed E-state index contributed by atoms with van der Waals surface area (Å²) in [6.07, 6.45) is 56.4. The highest BCUT2D eigenvalue weighted by atomic mass is 31.2. The Morgan fingerprint density at radius 1 is 0.333 bits per heavy atom. The van der Waals surface area contributed by atoms with E-state index >= 15 is 0 Å². The van der Waals surface area contributed by atoms with Gasteiger partial charge in [-0.25, -0.2) is 4.57 Å². The Kier molecular flexibility index (Phi) is 62.4. The zero-order valence-electron chi connectivity index (χ0n) is 70.6. The molecule has 610 valence electrons. The Morgan fingerprint density at radius 2 is 0.529 bits per heavy atom. The average molecular weight is 1470 g/mol. The molecule has 0 aromatic carbocycles. The van der Waals surface area contributed by atoms with Crippen LogP contribution in [0.4, 0.5) is 0 Å². The van der Waals surface area contributed by atoms with Gasteiger partial charge in [0.15, 0.2) is 0 Å². The zero-order valence-corrected chi connectivity index (χ0v) is 71.5. The molecule has 0 radical (unpaired) electrons. The smallest absolute Gasteiger partial charge is 0.472 e. The van der Waals surface area contributed by atoms with Gasteiger partial charge in [0, 0.05) is 26.4 Å². The second-order valence-corrected chi connectivity index (χ2v) is 37.9. The monoisotopic (exact) mass is 1470 g/mol. The number of aliphatic hydroxyl groups excluding tert-OH is 1. The Hall–Kier alpha value is -0.660. The van der Waals surface area contributed by atoms with E-state index in [1.54, 1.807) is 0 Å². The molecule has 1 heterocycles. The zero-order chi connectivity index (χ0) is 75.8. The lowest BCUT2D eigenvalue weighted by Gasteiger charge is -2.22. The van der Waals surface area contributed by atoms with E-state index in [4.69, 9.17) is 38.8 Å². The Balaban J connectivity index is 2.68. The van der Waals surface area contributed by atoms with Gasteiger partial charge in [-0.2, -0.15) is 0 Å². The minimum Gasteiger partial charge on any atom is -0.480 e. The summed E-state index contributed by atoms with van der Waals surface area (Å²) in [5.74, 6) is 10.7. The minimum atomic E-state index is -4.56. The number of carbonyl (C=O) groups is 1. The van der Waals surface area contributed by atoms with Crippen molar-refractivity contribution in [2.45, 2.75) is 412 Å². The third-order valence-electron chi connectivity index (χ3n) is 24.4. The summed E-state index contributed by atoms with van der Waals surface area (Å²) >= 11 is 0. The molecule has 0 aromatic heterocycles. The number of aliphatic hydroxyl groups is 1. The fourth-order valence-corrected chi connectivity index (χ4v) is 16.6. The Bertz CT molecular complexity index is 1920. The molecule has 0 spiro atoms. The number of nitrogens with two attached hydrogens (primary N) is 1. The lowest BCUT2D eigenvalue weighted by Crippen LogP contribution is -2.34. The normalized spacial score (nSPS) is 34.6. The van der Waals surface area contributed by atoms with E-state index in [9.17, 15) is 19.4 Å². The molecular formula is C89H178NO11P. The van der Waals surface area contributed by atoms with Crippen LogP contribution in [0.3, 0.4) is 0 Å². The van der Waals surface area contributed by atoms with Crippen LogP contribution in [-0.2, 0) is 37.4 Å². The van der Waals surface area contributed by atoms with Crippen LogP contribution >= 0.6 is 7.82 Å². The molecule has 1 saturated heterocycles. The number of aliphatic carboxylic acids is 1. The molecule has 0 bridgehead atoms. The summed E-state index contributed by atoms with van der Waals surface area (Å²) in [6.45, 7) is 41.5. The molecule has 13 heteroatoms. The van der Waals surface area contributed by atoms with Crippen molar-refractivity contribution in [2.75, 3.05) is 59.5 Å². The van der Waals surface area contributed by atoms with Crippen LogP contribution in [0.1, 0.15) is 393 Å². The molecule has 1 fully saturated rings. The number of phosphoric ester groups is 1. The predicted octanol–water partition coefficient (Wildman–Crippen LogP) is 25.7. The maximum atomic E-state index is 12.7. The van der Waals surface area contributed by atoms with Crippen molar-refractivity contribution in [2.24, 2.45) is 100 Å². The van der Waals surface area contributed by atoms with Crippen molar-refractivity contribution in [3.8, 4) is 0 Å². The number of phosphoric acid groups is 1. The van der Waals surface area contributed by atoms with Crippen LogP contribution in [0.5, 0.6) is 0 Å². The van der Waals surface area contributed by atoms with Gasteiger partial charge in [0.2, 0.25) is 0 Å². The van der Waals surface area contributed by atoms with E-state index in [0.29, 0.717) is 50.1 Å². The quantitative estimate of drug-likeness (QED) is 0.170. The molecule has 12 nitrogen and oxygen atoms in total. The largest absolute Gasteiger partial charge is 0.480 e. The topological polar surface area (TPSA) is 176 Å². The average Bonchev–Trinajstić information content (AvgIpc) is 0.922. The third kappa shape index (κ3) is 61.2. The molecule has 0 aromatic rings. The first kappa shape index (κ1) is 99.3. The first-order valence-corrected chi connectivity index (χ1v) is 45.7. The van der Waals surface area contributed by atoms with Crippen molar-refractivity contribution in [3.05, 3.63) is 0 Å². The van der Waals surface area contributed by atoms with Crippen LogP contribution in [0, 0.1) is 94.7 Å². The van der Waals surface area contributed by atoms with Crippen LogP contribution < -0.4 is 5.73 Å². The van der Waals surface area contributed by atoms with E-state index in [1.165, 1.54) is 250 Å². The van der Waals surface area contributed by atoms with Gasteiger partial charge in [-0.15, -0.1) is 0 Å². The van der Waals surface area contributed by atoms with E-state index in [-0.39, 0.29) is 25.9 Å².